The van der Waals surface area contributed by atoms with Crippen molar-refractivity contribution in [2.45, 2.75) is 38.1 Å². The number of hydrogen-bond acceptors (Lipinski definition) is 5. The van der Waals surface area contributed by atoms with E-state index in [1.165, 1.54) is 11.3 Å². The van der Waals surface area contributed by atoms with E-state index in [0.717, 1.165) is 29.1 Å². The number of hydrogen-bond donors (Lipinski definition) is 2. The van der Waals surface area contributed by atoms with Crippen LogP contribution in [-0.2, 0) is 16.0 Å². The molecule has 1 aliphatic rings. The quantitative estimate of drug-likeness (QED) is 0.869. The van der Waals surface area contributed by atoms with Gasteiger partial charge in [-0.25, -0.2) is 4.98 Å². The topological polar surface area (TPSA) is 92.2 Å². The molecule has 6 nitrogen and oxygen atoms in total. The first-order valence-corrected chi connectivity index (χ1v) is 8.87. The number of aromatic nitrogens is 2. The zero-order chi connectivity index (χ0) is 16.9. The third kappa shape index (κ3) is 4.17. The van der Waals surface area contributed by atoms with Crippen LogP contribution in [0.25, 0.3) is 10.6 Å². The predicted octanol–water partition coefficient (Wildman–Crippen LogP) is 2.51. The highest BCUT2D eigenvalue weighted by Crippen LogP contribution is 2.25. The summed E-state index contributed by atoms with van der Waals surface area (Å²) in [5.74, 6) is -1.05. The van der Waals surface area contributed by atoms with Crippen LogP contribution >= 0.6 is 11.3 Å². The summed E-state index contributed by atoms with van der Waals surface area (Å²) in [6, 6.07) is 3.87. The molecule has 2 aromatic heterocycles. The average Bonchev–Trinajstić information content (AvgIpc) is 3.04. The first-order chi connectivity index (χ1) is 11.6. The fraction of sp³-hybridized carbons (Fsp3) is 0.412. The van der Waals surface area contributed by atoms with Gasteiger partial charge < -0.3 is 10.4 Å². The number of carboxylic acid groups (broad SMARTS) is 1. The number of amides is 1. The average molecular weight is 345 g/mol. The monoisotopic (exact) mass is 345 g/mol. The molecule has 3 rings (SSSR count). The number of nitrogens with zero attached hydrogens (tertiary/aromatic N) is 2. The van der Waals surface area contributed by atoms with Gasteiger partial charge in [0.1, 0.15) is 5.01 Å². The summed E-state index contributed by atoms with van der Waals surface area (Å²) in [4.78, 5) is 31.7. The van der Waals surface area contributed by atoms with E-state index in [-0.39, 0.29) is 24.3 Å². The summed E-state index contributed by atoms with van der Waals surface area (Å²) >= 11 is 1.50. The molecule has 0 atom stereocenters. The summed E-state index contributed by atoms with van der Waals surface area (Å²) in [7, 11) is 0. The Bertz CT molecular complexity index is 709. The molecule has 1 saturated carbocycles. The van der Waals surface area contributed by atoms with Crippen LogP contribution in [0, 0.1) is 5.92 Å². The maximum absolute atomic E-state index is 12.2. The van der Waals surface area contributed by atoms with E-state index in [2.05, 4.69) is 15.3 Å². The van der Waals surface area contributed by atoms with Gasteiger partial charge in [0.05, 0.1) is 18.0 Å². The van der Waals surface area contributed by atoms with Crippen LogP contribution in [-0.4, -0.2) is 33.0 Å². The number of carboxylic acids is 1. The molecule has 0 radical (unpaired) electrons. The van der Waals surface area contributed by atoms with Crippen LogP contribution in [0.3, 0.4) is 0 Å². The van der Waals surface area contributed by atoms with Gasteiger partial charge in [-0.15, -0.1) is 11.3 Å². The van der Waals surface area contributed by atoms with Crippen molar-refractivity contribution in [2.24, 2.45) is 5.92 Å². The van der Waals surface area contributed by atoms with Crippen molar-refractivity contribution >= 4 is 23.2 Å². The van der Waals surface area contributed by atoms with E-state index in [0.29, 0.717) is 12.8 Å². The molecule has 1 aliphatic carbocycles. The molecule has 2 heterocycles. The molecule has 1 amide bonds. The molecule has 0 aliphatic heterocycles. The number of nitrogens with one attached hydrogen (secondary N) is 1. The predicted molar refractivity (Wildman–Crippen MR) is 90.6 cm³/mol. The Morgan fingerprint density at radius 2 is 2.08 bits per heavy atom. The lowest BCUT2D eigenvalue weighted by atomic mass is 9.86. The summed E-state index contributed by atoms with van der Waals surface area (Å²) in [5.41, 5.74) is 1.69. The van der Waals surface area contributed by atoms with Crippen molar-refractivity contribution in [3.63, 3.8) is 0 Å². The van der Waals surface area contributed by atoms with E-state index < -0.39 is 5.97 Å². The van der Waals surface area contributed by atoms with Gasteiger partial charge in [0, 0.05) is 29.4 Å². The number of carbonyl (C=O) groups is 2. The van der Waals surface area contributed by atoms with Crippen LogP contribution in [0.5, 0.6) is 0 Å². The van der Waals surface area contributed by atoms with E-state index in [9.17, 15) is 9.59 Å². The van der Waals surface area contributed by atoms with Crippen LogP contribution in [0.15, 0.2) is 29.9 Å². The third-order valence-corrected chi connectivity index (χ3v) is 5.18. The van der Waals surface area contributed by atoms with Gasteiger partial charge in [-0.1, -0.05) is 0 Å². The first kappa shape index (κ1) is 16.6. The highest BCUT2D eigenvalue weighted by atomic mass is 32.1. The Balaban J connectivity index is 1.51. The molecular formula is C17H19N3O3S. The lowest BCUT2D eigenvalue weighted by molar-refractivity contribution is -0.142. The third-order valence-electron chi connectivity index (χ3n) is 4.24. The molecule has 0 aromatic carbocycles. The fourth-order valence-electron chi connectivity index (χ4n) is 2.94. The van der Waals surface area contributed by atoms with Gasteiger partial charge in [0.2, 0.25) is 5.91 Å². The molecule has 1 fully saturated rings. The van der Waals surface area contributed by atoms with Crippen molar-refractivity contribution in [3.05, 3.63) is 35.6 Å². The Morgan fingerprint density at radius 3 is 2.75 bits per heavy atom. The van der Waals surface area contributed by atoms with E-state index in [4.69, 9.17) is 5.11 Å². The molecule has 2 N–H and O–H groups in total. The van der Waals surface area contributed by atoms with Crippen molar-refractivity contribution in [3.8, 4) is 10.6 Å². The van der Waals surface area contributed by atoms with Crippen LogP contribution in [0.4, 0.5) is 0 Å². The SMILES string of the molecule is O=C(Cc1csc(-c2cccnc2)n1)NC1CCC(C(=O)O)CC1. The highest BCUT2D eigenvalue weighted by molar-refractivity contribution is 7.13. The minimum atomic E-state index is -0.731. The maximum Gasteiger partial charge on any atom is 0.306 e. The molecule has 7 heteroatoms. The second-order valence-corrected chi connectivity index (χ2v) is 6.87. The number of aliphatic carboxylic acids is 1. The van der Waals surface area contributed by atoms with E-state index in [1.54, 1.807) is 12.4 Å². The number of pyridine rings is 1. The number of carbonyl (C=O) groups excluding carboxylic acids is 1. The zero-order valence-electron chi connectivity index (χ0n) is 13.1. The smallest absolute Gasteiger partial charge is 0.306 e. The highest BCUT2D eigenvalue weighted by Gasteiger charge is 2.26. The molecule has 0 bridgehead atoms. The van der Waals surface area contributed by atoms with Gasteiger partial charge in [-0.2, -0.15) is 0 Å². The van der Waals surface area contributed by atoms with Crippen LogP contribution in [0.2, 0.25) is 0 Å². The normalized spacial score (nSPS) is 20.5. The minimum absolute atomic E-state index is 0.0585. The minimum Gasteiger partial charge on any atom is -0.481 e. The van der Waals surface area contributed by atoms with Gasteiger partial charge in [0.25, 0.3) is 0 Å². The maximum atomic E-state index is 12.2. The van der Waals surface area contributed by atoms with E-state index >= 15 is 0 Å². The summed E-state index contributed by atoms with van der Waals surface area (Å²) in [6.07, 6.45) is 6.41. The van der Waals surface area contributed by atoms with Gasteiger partial charge in [-0.05, 0) is 37.8 Å². The fourth-order valence-corrected chi connectivity index (χ4v) is 3.75. The molecule has 0 unspecified atom stereocenters. The van der Waals surface area contributed by atoms with Crippen molar-refractivity contribution in [1.82, 2.24) is 15.3 Å². The van der Waals surface area contributed by atoms with Gasteiger partial charge in [0.15, 0.2) is 0 Å². The molecule has 0 spiro atoms. The summed E-state index contributed by atoms with van der Waals surface area (Å²) in [6.45, 7) is 0. The molecule has 2 aromatic rings. The van der Waals surface area contributed by atoms with Crippen molar-refractivity contribution < 1.29 is 14.7 Å². The van der Waals surface area contributed by atoms with Crippen molar-refractivity contribution in [2.75, 3.05) is 0 Å². The number of thiazole rings is 1. The summed E-state index contributed by atoms with van der Waals surface area (Å²) < 4.78 is 0. The lowest BCUT2D eigenvalue weighted by Gasteiger charge is -2.26. The van der Waals surface area contributed by atoms with E-state index in [1.807, 2.05) is 17.5 Å². The Kier molecular flexibility index (Phi) is 5.20. The van der Waals surface area contributed by atoms with Crippen LogP contribution < -0.4 is 5.32 Å². The first-order valence-electron chi connectivity index (χ1n) is 7.99. The second kappa shape index (κ2) is 7.53. The molecular weight excluding hydrogens is 326 g/mol. The van der Waals surface area contributed by atoms with Crippen LogP contribution in [0.1, 0.15) is 31.4 Å². The molecule has 126 valence electrons. The summed E-state index contributed by atoms with van der Waals surface area (Å²) in [5, 5.41) is 14.7. The molecule has 0 saturated heterocycles. The largest absolute Gasteiger partial charge is 0.481 e. The zero-order valence-corrected chi connectivity index (χ0v) is 14.0. The van der Waals surface area contributed by atoms with Gasteiger partial charge in [-0.3, -0.25) is 14.6 Å². The van der Waals surface area contributed by atoms with Crippen molar-refractivity contribution in [1.29, 1.82) is 0 Å². The Hall–Kier alpha value is -2.28. The second-order valence-electron chi connectivity index (χ2n) is 6.02. The van der Waals surface area contributed by atoms with Gasteiger partial charge >= 0.3 is 5.97 Å². The molecule has 24 heavy (non-hydrogen) atoms. The Morgan fingerprint density at radius 1 is 1.29 bits per heavy atom. The Labute approximate surface area is 144 Å². The standard InChI is InChI=1S/C17H19N3O3S/c21-15(19-13-5-3-11(4-6-13)17(22)23)8-14-10-24-16(20-14)12-2-1-7-18-9-12/h1-2,7,9-11,13H,3-6,8H2,(H,19,21)(H,22,23). The number of rotatable bonds is 5. The lowest BCUT2D eigenvalue weighted by Crippen LogP contribution is -2.39.